The first kappa shape index (κ1) is 13.2. The molecule has 0 heterocycles. The molecule has 0 saturated heterocycles. The number of aliphatic hydroxyl groups is 1. The summed E-state index contributed by atoms with van der Waals surface area (Å²) in [7, 11) is 0. The van der Waals surface area contributed by atoms with E-state index in [-0.39, 0.29) is 6.61 Å². The van der Waals surface area contributed by atoms with E-state index in [2.05, 4.69) is 15.6 Å². The second kappa shape index (κ2) is 10.3. The molecule has 0 spiro atoms. The van der Waals surface area contributed by atoms with Crippen LogP contribution in [-0.4, -0.2) is 50.5 Å². The maximum absolute atomic E-state index is 8.61. The summed E-state index contributed by atoms with van der Waals surface area (Å²) in [6, 6.07) is 0. The Kier molecular flexibility index (Phi) is 9.68. The van der Waals surface area contributed by atoms with E-state index in [0.717, 1.165) is 25.7 Å². The van der Waals surface area contributed by atoms with Crippen molar-refractivity contribution in [2.45, 2.75) is 13.8 Å². The van der Waals surface area contributed by atoms with E-state index in [0.29, 0.717) is 13.2 Å². The summed E-state index contributed by atoms with van der Waals surface area (Å²) < 4.78 is 5.17. The molecular weight excluding hydrogens is 182 g/mol. The lowest BCUT2D eigenvalue weighted by atomic mass is 10.6. The number of ether oxygens (including phenoxy) is 1. The summed E-state index contributed by atoms with van der Waals surface area (Å²) in [5.41, 5.74) is 0. The van der Waals surface area contributed by atoms with Crippen LogP contribution in [0.2, 0.25) is 0 Å². The number of guanidine groups is 1. The Labute approximate surface area is 85.6 Å². The first-order valence-corrected chi connectivity index (χ1v) is 5.05. The maximum Gasteiger partial charge on any atom is 0.191 e. The van der Waals surface area contributed by atoms with Gasteiger partial charge in [-0.25, -0.2) is 0 Å². The molecule has 0 bridgehead atoms. The number of hydrogen-bond acceptors (Lipinski definition) is 3. The fraction of sp³-hybridized carbons (Fsp3) is 0.889. The molecule has 3 N–H and O–H groups in total. The second-order valence-corrected chi connectivity index (χ2v) is 2.61. The quantitative estimate of drug-likeness (QED) is 0.298. The fourth-order valence-corrected chi connectivity index (χ4v) is 0.889. The van der Waals surface area contributed by atoms with Crippen molar-refractivity contribution in [3.63, 3.8) is 0 Å². The van der Waals surface area contributed by atoms with Crippen LogP contribution in [0.25, 0.3) is 0 Å². The number of nitrogens with zero attached hydrogens (tertiary/aromatic N) is 1. The van der Waals surface area contributed by atoms with E-state index in [4.69, 9.17) is 9.84 Å². The second-order valence-electron chi connectivity index (χ2n) is 2.61. The third kappa shape index (κ3) is 7.82. The molecule has 5 heteroatoms. The SMILES string of the molecule is CCNC(=NCCO)NCCOCC. The summed E-state index contributed by atoms with van der Waals surface area (Å²) in [5.74, 6) is 0.723. The topological polar surface area (TPSA) is 65.9 Å². The molecule has 0 saturated carbocycles. The van der Waals surface area contributed by atoms with Gasteiger partial charge in [0, 0.05) is 19.7 Å². The average molecular weight is 203 g/mol. The van der Waals surface area contributed by atoms with E-state index in [9.17, 15) is 0 Å². The first-order valence-electron chi connectivity index (χ1n) is 5.05. The predicted octanol–water partition coefficient (Wildman–Crippen LogP) is -0.430. The number of aliphatic hydroxyl groups excluding tert-OH is 1. The van der Waals surface area contributed by atoms with Gasteiger partial charge in [-0.3, -0.25) is 4.99 Å². The molecular formula is C9H21N3O2. The monoisotopic (exact) mass is 203 g/mol. The normalized spacial score (nSPS) is 11.5. The largest absolute Gasteiger partial charge is 0.394 e. The first-order chi connectivity index (χ1) is 6.85. The van der Waals surface area contributed by atoms with Gasteiger partial charge in [0.15, 0.2) is 5.96 Å². The van der Waals surface area contributed by atoms with Gasteiger partial charge in [-0.05, 0) is 13.8 Å². The standard InChI is InChI=1S/C9H21N3O2/c1-3-10-9(11-5-7-13)12-6-8-14-4-2/h13H,3-8H2,1-2H3,(H2,10,11,12). The van der Waals surface area contributed by atoms with Crippen LogP contribution in [0.3, 0.4) is 0 Å². The molecule has 0 aliphatic rings. The van der Waals surface area contributed by atoms with Crippen molar-refractivity contribution in [3.8, 4) is 0 Å². The zero-order chi connectivity index (χ0) is 10.6. The van der Waals surface area contributed by atoms with Crippen LogP contribution in [0.15, 0.2) is 4.99 Å². The molecule has 0 radical (unpaired) electrons. The highest BCUT2D eigenvalue weighted by Crippen LogP contribution is 1.74. The van der Waals surface area contributed by atoms with E-state index in [1.165, 1.54) is 0 Å². The van der Waals surface area contributed by atoms with E-state index < -0.39 is 0 Å². The number of hydrogen-bond donors (Lipinski definition) is 3. The molecule has 14 heavy (non-hydrogen) atoms. The summed E-state index contributed by atoms with van der Waals surface area (Å²) in [5, 5.41) is 14.8. The van der Waals surface area contributed by atoms with Gasteiger partial charge < -0.3 is 20.5 Å². The minimum absolute atomic E-state index is 0.0715. The van der Waals surface area contributed by atoms with Crippen molar-refractivity contribution in [1.29, 1.82) is 0 Å². The molecule has 5 nitrogen and oxygen atoms in total. The predicted molar refractivity (Wildman–Crippen MR) is 57.6 cm³/mol. The molecule has 0 aromatic heterocycles. The van der Waals surface area contributed by atoms with Crippen LogP contribution in [0.4, 0.5) is 0 Å². The Morgan fingerprint density at radius 3 is 2.71 bits per heavy atom. The number of aliphatic imine (C=N–C) groups is 1. The molecule has 0 aromatic rings. The molecule has 0 aliphatic carbocycles. The van der Waals surface area contributed by atoms with Gasteiger partial charge in [-0.2, -0.15) is 0 Å². The highest BCUT2D eigenvalue weighted by Gasteiger charge is 1.94. The molecule has 0 unspecified atom stereocenters. The minimum Gasteiger partial charge on any atom is -0.394 e. The lowest BCUT2D eigenvalue weighted by molar-refractivity contribution is 0.152. The smallest absolute Gasteiger partial charge is 0.191 e. The van der Waals surface area contributed by atoms with Crippen LogP contribution in [0, 0.1) is 0 Å². The van der Waals surface area contributed by atoms with Crippen LogP contribution >= 0.6 is 0 Å². The van der Waals surface area contributed by atoms with E-state index in [1.54, 1.807) is 0 Å². The summed E-state index contributed by atoms with van der Waals surface area (Å²) >= 11 is 0. The Hall–Kier alpha value is -0.810. The van der Waals surface area contributed by atoms with Gasteiger partial charge >= 0.3 is 0 Å². The lowest BCUT2D eigenvalue weighted by Gasteiger charge is -2.10. The van der Waals surface area contributed by atoms with Crippen molar-refractivity contribution in [2.24, 2.45) is 4.99 Å². The number of rotatable bonds is 7. The van der Waals surface area contributed by atoms with Gasteiger partial charge in [0.25, 0.3) is 0 Å². The molecule has 0 aromatic carbocycles. The third-order valence-corrected chi connectivity index (χ3v) is 1.46. The zero-order valence-corrected chi connectivity index (χ0v) is 9.05. The van der Waals surface area contributed by atoms with Crippen molar-refractivity contribution >= 4 is 5.96 Å². The van der Waals surface area contributed by atoms with E-state index >= 15 is 0 Å². The summed E-state index contributed by atoms with van der Waals surface area (Å²) in [4.78, 5) is 4.12. The Morgan fingerprint density at radius 2 is 2.14 bits per heavy atom. The number of nitrogens with one attached hydrogen (secondary N) is 2. The highest BCUT2D eigenvalue weighted by atomic mass is 16.5. The zero-order valence-electron chi connectivity index (χ0n) is 9.05. The molecule has 0 amide bonds. The van der Waals surface area contributed by atoms with E-state index in [1.807, 2.05) is 13.8 Å². The van der Waals surface area contributed by atoms with Crippen molar-refractivity contribution < 1.29 is 9.84 Å². The third-order valence-electron chi connectivity index (χ3n) is 1.46. The van der Waals surface area contributed by atoms with Gasteiger partial charge in [0.05, 0.1) is 19.8 Å². The van der Waals surface area contributed by atoms with Crippen LogP contribution in [0.1, 0.15) is 13.8 Å². The average Bonchev–Trinajstić information content (AvgIpc) is 2.20. The lowest BCUT2D eigenvalue weighted by Crippen LogP contribution is -2.39. The summed E-state index contributed by atoms with van der Waals surface area (Å²) in [6.07, 6.45) is 0. The fourth-order valence-electron chi connectivity index (χ4n) is 0.889. The highest BCUT2D eigenvalue weighted by molar-refractivity contribution is 5.79. The maximum atomic E-state index is 8.61. The summed E-state index contributed by atoms with van der Waals surface area (Å²) in [6.45, 7) is 7.39. The van der Waals surface area contributed by atoms with Crippen molar-refractivity contribution in [2.75, 3.05) is 39.5 Å². The van der Waals surface area contributed by atoms with Crippen LogP contribution in [0.5, 0.6) is 0 Å². The molecule has 84 valence electrons. The van der Waals surface area contributed by atoms with Gasteiger partial charge in [0.2, 0.25) is 0 Å². The van der Waals surface area contributed by atoms with Crippen LogP contribution in [-0.2, 0) is 4.74 Å². The van der Waals surface area contributed by atoms with Gasteiger partial charge in [-0.1, -0.05) is 0 Å². The molecule has 0 aliphatic heterocycles. The van der Waals surface area contributed by atoms with Crippen molar-refractivity contribution in [1.82, 2.24) is 10.6 Å². The molecule has 0 fully saturated rings. The van der Waals surface area contributed by atoms with Gasteiger partial charge in [-0.15, -0.1) is 0 Å². The van der Waals surface area contributed by atoms with Crippen LogP contribution < -0.4 is 10.6 Å². The minimum atomic E-state index is 0.0715. The Balaban J connectivity index is 3.61. The molecule has 0 atom stereocenters. The Morgan fingerprint density at radius 1 is 1.36 bits per heavy atom. The van der Waals surface area contributed by atoms with Crippen molar-refractivity contribution in [3.05, 3.63) is 0 Å². The Bertz CT molecular complexity index is 151. The van der Waals surface area contributed by atoms with Gasteiger partial charge in [0.1, 0.15) is 0 Å². The molecule has 0 rings (SSSR count).